The van der Waals surface area contributed by atoms with Gasteiger partial charge in [0, 0.05) is 0 Å². The van der Waals surface area contributed by atoms with Gasteiger partial charge < -0.3 is 0 Å². The molecule has 0 saturated carbocycles. The molecule has 0 aromatic heterocycles. The maximum absolute atomic E-state index is 2.38. The van der Waals surface area contributed by atoms with E-state index in [9.17, 15) is 0 Å². The van der Waals surface area contributed by atoms with Crippen molar-refractivity contribution < 1.29 is 0 Å². The van der Waals surface area contributed by atoms with Gasteiger partial charge in [-0.3, -0.25) is 0 Å². The average molecular weight is 236 g/mol. The third kappa shape index (κ3) is 1.45. The van der Waals surface area contributed by atoms with Crippen LogP contribution in [0, 0.1) is 34.6 Å². The largest absolute Gasteiger partial charge is 0.0557 e. The molecule has 0 N–H and O–H groups in total. The van der Waals surface area contributed by atoms with Crippen molar-refractivity contribution >= 4 is 0 Å². The van der Waals surface area contributed by atoms with Crippen molar-refractivity contribution in [2.45, 2.75) is 41.0 Å². The van der Waals surface area contributed by atoms with Crippen molar-refractivity contribution in [1.29, 1.82) is 0 Å². The number of rotatable bonds is 0. The quantitative estimate of drug-likeness (QED) is 0.526. The van der Waals surface area contributed by atoms with Gasteiger partial charge in [0.25, 0.3) is 0 Å². The highest BCUT2D eigenvalue weighted by Crippen LogP contribution is 2.43. The first-order valence-corrected chi connectivity index (χ1v) is 6.69. The molecule has 18 heavy (non-hydrogen) atoms. The summed E-state index contributed by atoms with van der Waals surface area (Å²) in [6.45, 7) is 11.2. The van der Waals surface area contributed by atoms with Gasteiger partial charge in [0.05, 0.1) is 0 Å². The number of fused-ring (bicyclic) bond motifs is 3. The third-order valence-electron chi connectivity index (χ3n) is 4.43. The molecule has 0 bridgehead atoms. The molecule has 1 aliphatic rings. The van der Waals surface area contributed by atoms with E-state index in [0.717, 1.165) is 6.42 Å². The Kier molecular flexibility index (Phi) is 2.38. The van der Waals surface area contributed by atoms with Crippen LogP contribution in [-0.4, -0.2) is 0 Å². The zero-order chi connectivity index (χ0) is 13.0. The minimum Gasteiger partial charge on any atom is -0.0557 e. The van der Waals surface area contributed by atoms with E-state index < -0.39 is 0 Å². The number of aryl methyl sites for hydroxylation is 3. The standard InChI is InChI=1S/C18H20/c1-10-6-12(3)17-15(7-10)9-16-8-11(2)13(4)14(5)18(16)17/h6-8H,9H2,1-5H3. The molecule has 0 spiro atoms. The molecule has 1 aliphatic carbocycles. The minimum absolute atomic E-state index is 1.11. The SMILES string of the molecule is Cc1cc(C)c2c(c1)Cc1cc(C)c(C)c(C)c1-2. The van der Waals surface area contributed by atoms with E-state index in [2.05, 4.69) is 52.8 Å². The van der Waals surface area contributed by atoms with Crippen LogP contribution in [0.15, 0.2) is 18.2 Å². The molecule has 0 atom stereocenters. The van der Waals surface area contributed by atoms with E-state index in [4.69, 9.17) is 0 Å². The second-order valence-electron chi connectivity index (χ2n) is 5.77. The van der Waals surface area contributed by atoms with Crippen molar-refractivity contribution in [3.05, 3.63) is 57.1 Å². The topological polar surface area (TPSA) is 0 Å². The summed E-state index contributed by atoms with van der Waals surface area (Å²) in [5.41, 5.74) is 13.2. The van der Waals surface area contributed by atoms with Crippen molar-refractivity contribution in [2.75, 3.05) is 0 Å². The third-order valence-corrected chi connectivity index (χ3v) is 4.43. The summed E-state index contributed by atoms with van der Waals surface area (Å²) >= 11 is 0. The molecule has 0 fully saturated rings. The van der Waals surface area contributed by atoms with Gasteiger partial charge in [-0.1, -0.05) is 23.8 Å². The van der Waals surface area contributed by atoms with Crippen LogP contribution in [-0.2, 0) is 6.42 Å². The van der Waals surface area contributed by atoms with E-state index in [1.165, 1.54) is 50.1 Å². The van der Waals surface area contributed by atoms with E-state index >= 15 is 0 Å². The summed E-state index contributed by atoms with van der Waals surface area (Å²) in [7, 11) is 0. The van der Waals surface area contributed by atoms with Crippen molar-refractivity contribution in [3.63, 3.8) is 0 Å². The molecular weight excluding hydrogens is 216 g/mol. The molecule has 92 valence electrons. The van der Waals surface area contributed by atoms with Crippen LogP contribution >= 0.6 is 0 Å². The van der Waals surface area contributed by atoms with Crippen LogP contribution in [0.3, 0.4) is 0 Å². The fourth-order valence-electron chi connectivity index (χ4n) is 3.41. The Morgan fingerprint density at radius 1 is 0.667 bits per heavy atom. The molecule has 0 nitrogen and oxygen atoms in total. The Morgan fingerprint density at radius 3 is 2.06 bits per heavy atom. The first kappa shape index (κ1) is 11.5. The second kappa shape index (κ2) is 3.71. The lowest BCUT2D eigenvalue weighted by Crippen LogP contribution is -1.93. The zero-order valence-electron chi connectivity index (χ0n) is 11.9. The molecule has 2 aromatic carbocycles. The Balaban J connectivity index is 2.38. The van der Waals surface area contributed by atoms with Crippen LogP contribution in [0.2, 0.25) is 0 Å². The summed E-state index contributed by atoms with van der Waals surface area (Å²) in [6, 6.07) is 7.04. The maximum atomic E-state index is 2.38. The summed E-state index contributed by atoms with van der Waals surface area (Å²) < 4.78 is 0. The van der Waals surface area contributed by atoms with Gasteiger partial charge in [-0.2, -0.15) is 0 Å². The molecule has 3 rings (SSSR count). The fourth-order valence-corrected chi connectivity index (χ4v) is 3.41. The Labute approximate surface area is 110 Å². The Bertz CT molecular complexity index is 660. The predicted molar refractivity (Wildman–Crippen MR) is 78.4 cm³/mol. The van der Waals surface area contributed by atoms with E-state index in [0.29, 0.717) is 0 Å². The van der Waals surface area contributed by atoms with E-state index in [-0.39, 0.29) is 0 Å². The smallest absolute Gasteiger partial charge is 0.00130 e. The molecule has 0 heteroatoms. The molecule has 0 heterocycles. The molecule has 0 radical (unpaired) electrons. The van der Waals surface area contributed by atoms with Gasteiger partial charge in [0.15, 0.2) is 0 Å². The predicted octanol–water partition coefficient (Wildman–Crippen LogP) is 4.80. The zero-order valence-corrected chi connectivity index (χ0v) is 11.9. The molecular formula is C18H20. The summed E-state index contributed by atoms with van der Waals surface area (Å²) in [4.78, 5) is 0. The number of hydrogen-bond acceptors (Lipinski definition) is 0. The maximum Gasteiger partial charge on any atom is -0.00130 e. The van der Waals surface area contributed by atoms with Gasteiger partial charge in [0.2, 0.25) is 0 Å². The summed E-state index contributed by atoms with van der Waals surface area (Å²) in [5, 5.41) is 0. The number of benzene rings is 2. The lowest BCUT2D eigenvalue weighted by molar-refractivity contribution is 1.20. The second-order valence-corrected chi connectivity index (χ2v) is 5.77. The van der Waals surface area contributed by atoms with Crippen molar-refractivity contribution in [1.82, 2.24) is 0 Å². The summed E-state index contributed by atoms with van der Waals surface area (Å²) in [5.74, 6) is 0. The molecule has 2 aromatic rings. The van der Waals surface area contributed by atoms with E-state index in [1.807, 2.05) is 0 Å². The highest BCUT2D eigenvalue weighted by molar-refractivity contribution is 5.83. The van der Waals surface area contributed by atoms with Crippen LogP contribution in [0.25, 0.3) is 11.1 Å². The Morgan fingerprint density at radius 2 is 1.33 bits per heavy atom. The lowest BCUT2D eigenvalue weighted by Gasteiger charge is -2.13. The van der Waals surface area contributed by atoms with E-state index in [1.54, 1.807) is 0 Å². The monoisotopic (exact) mass is 236 g/mol. The fraction of sp³-hybridized carbons (Fsp3) is 0.333. The number of hydrogen-bond donors (Lipinski definition) is 0. The average Bonchev–Trinajstić information content (AvgIpc) is 2.64. The first-order valence-electron chi connectivity index (χ1n) is 6.69. The first-order chi connectivity index (χ1) is 8.49. The molecule has 0 aliphatic heterocycles. The highest BCUT2D eigenvalue weighted by Gasteiger charge is 2.23. The molecule has 0 unspecified atom stereocenters. The lowest BCUT2D eigenvalue weighted by atomic mass is 9.91. The van der Waals surface area contributed by atoms with Gasteiger partial charge in [-0.15, -0.1) is 0 Å². The normalized spacial score (nSPS) is 12.5. The van der Waals surface area contributed by atoms with Gasteiger partial charge in [-0.25, -0.2) is 0 Å². The van der Waals surface area contributed by atoms with Crippen LogP contribution in [0.4, 0.5) is 0 Å². The van der Waals surface area contributed by atoms with Crippen LogP contribution in [0.5, 0.6) is 0 Å². The van der Waals surface area contributed by atoms with Gasteiger partial charge >= 0.3 is 0 Å². The Hall–Kier alpha value is -1.56. The molecule has 0 saturated heterocycles. The minimum atomic E-state index is 1.11. The van der Waals surface area contributed by atoms with Crippen LogP contribution < -0.4 is 0 Å². The highest BCUT2D eigenvalue weighted by atomic mass is 14.3. The van der Waals surface area contributed by atoms with Crippen molar-refractivity contribution in [3.8, 4) is 11.1 Å². The van der Waals surface area contributed by atoms with Crippen LogP contribution in [0.1, 0.15) is 38.9 Å². The molecule has 0 amide bonds. The summed E-state index contributed by atoms with van der Waals surface area (Å²) in [6.07, 6.45) is 1.11. The van der Waals surface area contributed by atoms with Gasteiger partial charge in [-0.05, 0) is 85.5 Å². The van der Waals surface area contributed by atoms with Gasteiger partial charge in [0.1, 0.15) is 0 Å². The van der Waals surface area contributed by atoms with Crippen molar-refractivity contribution in [2.24, 2.45) is 0 Å².